The minimum Gasteiger partial charge on any atom is -0.325 e. The van der Waals surface area contributed by atoms with Crippen LogP contribution in [0.3, 0.4) is 0 Å². The minimum absolute atomic E-state index is 0.0274. The number of amides is 1. The number of hydrogen-bond acceptors (Lipinski definition) is 4. The van der Waals surface area contributed by atoms with Crippen molar-refractivity contribution in [3.05, 3.63) is 58.9 Å². The summed E-state index contributed by atoms with van der Waals surface area (Å²) in [6.07, 6.45) is 0. The molecule has 1 amide bonds. The second-order valence-corrected chi connectivity index (χ2v) is 7.17. The molecule has 25 heavy (non-hydrogen) atoms. The van der Waals surface area contributed by atoms with Gasteiger partial charge in [0.2, 0.25) is 5.91 Å². The fourth-order valence-corrected chi connectivity index (χ4v) is 3.82. The lowest BCUT2D eigenvalue weighted by atomic mass is 10.1. The van der Waals surface area contributed by atoms with Gasteiger partial charge in [0.05, 0.1) is 11.3 Å². The molecule has 3 rings (SSSR count). The molecule has 0 saturated heterocycles. The first-order chi connectivity index (χ1) is 11.9. The van der Waals surface area contributed by atoms with Crippen molar-refractivity contribution in [2.75, 3.05) is 11.1 Å². The third-order valence-corrected chi connectivity index (χ3v) is 4.95. The van der Waals surface area contributed by atoms with Gasteiger partial charge in [0.25, 0.3) is 0 Å². The topological polar surface area (TPSA) is 54.9 Å². The number of carbonyl (C=O) groups is 1. The zero-order chi connectivity index (χ0) is 18.0. The maximum absolute atomic E-state index is 12.4. The number of rotatable bonds is 4. The van der Waals surface area contributed by atoms with Crippen molar-refractivity contribution >= 4 is 34.3 Å². The molecule has 0 bridgehead atoms. The number of aromatic nitrogens is 2. The molecule has 1 N–H and O–H groups in total. The number of para-hydroxylation sites is 1. The average molecular weight is 351 g/mol. The average Bonchev–Trinajstić information content (AvgIpc) is 2.55. The molecule has 2 aromatic carbocycles. The van der Waals surface area contributed by atoms with Crippen LogP contribution in [0.4, 0.5) is 5.69 Å². The highest BCUT2D eigenvalue weighted by molar-refractivity contribution is 8.00. The molecule has 0 aliphatic carbocycles. The Morgan fingerprint density at radius 1 is 1.04 bits per heavy atom. The smallest absolute Gasteiger partial charge is 0.234 e. The van der Waals surface area contributed by atoms with E-state index in [4.69, 9.17) is 0 Å². The highest BCUT2D eigenvalue weighted by atomic mass is 32.2. The van der Waals surface area contributed by atoms with Crippen molar-refractivity contribution in [1.29, 1.82) is 0 Å². The third kappa shape index (κ3) is 3.99. The quantitative estimate of drug-likeness (QED) is 0.551. The highest BCUT2D eigenvalue weighted by Gasteiger charge is 2.11. The van der Waals surface area contributed by atoms with Gasteiger partial charge in [-0.05, 0) is 44.9 Å². The van der Waals surface area contributed by atoms with Crippen LogP contribution in [0.1, 0.15) is 22.5 Å². The van der Waals surface area contributed by atoms with Crippen molar-refractivity contribution in [2.24, 2.45) is 0 Å². The molecule has 0 fully saturated rings. The number of nitrogens with one attached hydrogen (secondary N) is 1. The molecule has 0 radical (unpaired) electrons. The van der Waals surface area contributed by atoms with Gasteiger partial charge < -0.3 is 5.32 Å². The van der Waals surface area contributed by atoms with E-state index < -0.39 is 0 Å². The summed E-state index contributed by atoms with van der Waals surface area (Å²) in [5, 5.41) is 4.86. The van der Waals surface area contributed by atoms with E-state index in [1.807, 2.05) is 45.0 Å². The molecule has 5 heteroatoms. The number of hydrogen-bond donors (Lipinski definition) is 1. The van der Waals surface area contributed by atoms with Crippen LogP contribution in [0.25, 0.3) is 10.9 Å². The highest BCUT2D eigenvalue weighted by Crippen LogP contribution is 2.26. The molecule has 0 saturated carbocycles. The maximum atomic E-state index is 12.4. The summed E-state index contributed by atoms with van der Waals surface area (Å²) in [5.41, 5.74) is 5.17. The number of nitrogens with zero attached hydrogens (tertiary/aromatic N) is 2. The fourth-order valence-electron chi connectivity index (χ4n) is 2.96. The van der Waals surface area contributed by atoms with E-state index in [-0.39, 0.29) is 5.91 Å². The second kappa shape index (κ2) is 7.23. The minimum atomic E-state index is -0.0274. The van der Waals surface area contributed by atoms with Crippen LogP contribution >= 0.6 is 11.8 Å². The van der Waals surface area contributed by atoms with Gasteiger partial charge in [-0.2, -0.15) is 0 Å². The van der Waals surface area contributed by atoms with E-state index in [1.54, 1.807) is 0 Å². The number of anilines is 1. The van der Waals surface area contributed by atoms with E-state index in [1.165, 1.54) is 17.3 Å². The van der Waals surface area contributed by atoms with Gasteiger partial charge in [-0.1, -0.05) is 47.7 Å². The van der Waals surface area contributed by atoms with Gasteiger partial charge in [-0.15, -0.1) is 0 Å². The summed E-state index contributed by atoms with van der Waals surface area (Å²) in [7, 11) is 0. The molecular formula is C20H21N3OS. The lowest BCUT2D eigenvalue weighted by Gasteiger charge is -2.13. The first-order valence-electron chi connectivity index (χ1n) is 8.18. The van der Waals surface area contributed by atoms with Gasteiger partial charge >= 0.3 is 0 Å². The molecule has 0 atom stereocenters. The Balaban J connectivity index is 1.75. The molecule has 1 aromatic heterocycles. The molecule has 0 spiro atoms. The monoisotopic (exact) mass is 351 g/mol. The van der Waals surface area contributed by atoms with Gasteiger partial charge in [0, 0.05) is 11.1 Å². The predicted octanol–water partition coefficient (Wildman–Crippen LogP) is 4.59. The van der Waals surface area contributed by atoms with Crippen molar-refractivity contribution in [3.63, 3.8) is 0 Å². The van der Waals surface area contributed by atoms with Gasteiger partial charge in [-0.3, -0.25) is 4.79 Å². The maximum Gasteiger partial charge on any atom is 0.234 e. The molecule has 0 aliphatic heterocycles. The zero-order valence-electron chi connectivity index (χ0n) is 14.9. The first kappa shape index (κ1) is 17.4. The molecular weight excluding hydrogens is 330 g/mol. The number of thioether (sulfide) groups is 1. The van der Waals surface area contributed by atoms with E-state index in [0.29, 0.717) is 11.6 Å². The number of aryl methyl sites for hydroxylation is 4. The second-order valence-electron chi connectivity index (χ2n) is 6.20. The van der Waals surface area contributed by atoms with Crippen molar-refractivity contribution in [3.8, 4) is 0 Å². The van der Waals surface area contributed by atoms with Crippen LogP contribution in [0.15, 0.2) is 41.4 Å². The van der Waals surface area contributed by atoms with Crippen LogP contribution in [0.2, 0.25) is 0 Å². The molecule has 0 unspecified atom stereocenters. The van der Waals surface area contributed by atoms with E-state index in [2.05, 4.69) is 34.3 Å². The molecule has 128 valence electrons. The van der Waals surface area contributed by atoms with Gasteiger partial charge in [0.1, 0.15) is 10.9 Å². The van der Waals surface area contributed by atoms with E-state index in [0.717, 1.165) is 32.7 Å². The normalized spacial score (nSPS) is 10.9. The van der Waals surface area contributed by atoms with Gasteiger partial charge in [-0.25, -0.2) is 9.97 Å². The van der Waals surface area contributed by atoms with E-state index in [9.17, 15) is 4.79 Å². The Bertz CT molecular complexity index is 930. The van der Waals surface area contributed by atoms with Crippen molar-refractivity contribution < 1.29 is 4.79 Å². The molecule has 0 aliphatic rings. The third-order valence-electron chi connectivity index (χ3n) is 3.96. The Labute approximate surface area is 152 Å². The lowest BCUT2D eigenvalue weighted by Crippen LogP contribution is -2.16. The molecule has 1 heterocycles. The summed E-state index contributed by atoms with van der Waals surface area (Å²) in [4.78, 5) is 21.4. The molecule has 4 nitrogen and oxygen atoms in total. The van der Waals surface area contributed by atoms with E-state index >= 15 is 0 Å². The van der Waals surface area contributed by atoms with Crippen LogP contribution in [-0.4, -0.2) is 21.6 Å². The number of carbonyl (C=O) groups excluding carboxylic acids is 1. The first-order valence-corrected chi connectivity index (χ1v) is 9.16. The van der Waals surface area contributed by atoms with Crippen molar-refractivity contribution in [2.45, 2.75) is 32.7 Å². The number of fused-ring (bicyclic) bond motifs is 1. The summed E-state index contributed by atoms with van der Waals surface area (Å²) < 4.78 is 0. The van der Waals surface area contributed by atoms with Crippen LogP contribution < -0.4 is 5.32 Å². The number of benzene rings is 2. The van der Waals surface area contributed by atoms with Crippen LogP contribution in [-0.2, 0) is 4.79 Å². The molecule has 3 aromatic rings. The largest absolute Gasteiger partial charge is 0.325 e. The Morgan fingerprint density at radius 3 is 2.44 bits per heavy atom. The zero-order valence-corrected chi connectivity index (χ0v) is 15.7. The van der Waals surface area contributed by atoms with Gasteiger partial charge in [0.15, 0.2) is 0 Å². The Kier molecular flexibility index (Phi) is 5.04. The Morgan fingerprint density at radius 2 is 1.72 bits per heavy atom. The predicted molar refractivity (Wildman–Crippen MR) is 104 cm³/mol. The standard InChI is InChI=1S/C20H21N3OS/c1-12-9-13(2)19(14(3)10-12)23-18(24)11-25-20-16-7-5-6-8-17(16)21-15(4)22-20/h5-10H,11H2,1-4H3,(H,23,24). The summed E-state index contributed by atoms with van der Waals surface area (Å²) in [6.45, 7) is 7.97. The Hall–Kier alpha value is -2.40. The van der Waals surface area contributed by atoms with Crippen LogP contribution in [0, 0.1) is 27.7 Å². The summed E-state index contributed by atoms with van der Waals surface area (Å²) in [6, 6.07) is 12.0. The lowest BCUT2D eigenvalue weighted by molar-refractivity contribution is -0.113. The van der Waals surface area contributed by atoms with Crippen molar-refractivity contribution in [1.82, 2.24) is 9.97 Å². The fraction of sp³-hybridized carbons (Fsp3) is 0.250. The summed E-state index contributed by atoms with van der Waals surface area (Å²) in [5.74, 6) is 1.000. The van der Waals surface area contributed by atoms with Crippen LogP contribution in [0.5, 0.6) is 0 Å². The summed E-state index contributed by atoms with van der Waals surface area (Å²) >= 11 is 1.44. The SMILES string of the molecule is Cc1cc(C)c(NC(=O)CSc2nc(C)nc3ccccc23)c(C)c1.